The predicted octanol–water partition coefficient (Wildman–Crippen LogP) is 4.02. The standard InChI is InChI=1S/C18H31NO2/c1-5-6-16(4)20-11-12-21-18-9-7-17(8-10-18)14-19-13-15(2)3/h7-10,15-16,19H,5-6,11-14H2,1-4H3. The van der Waals surface area contributed by atoms with Gasteiger partial charge in [0, 0.05) is 6.54 Å². The molecule has 0 aliphatic rings. The van der Waals surface area contributed by atoms with E-state index in [-0.39, 0.29) is 0 Å². The molecule has 120 valence electrons. The van der Waals surface area contributed by atoms with E-state index < -0.39 is 0 Å². The van der Waals surface area contributed by atoms with Crippen molar-refractivity contribution in [3.63, 3.8) is 0 Å². The van der Waals surface area contributed by atoms with E-state index in [4.69, 9.17) is 9.47 Å². The van der Waals surface area contributed by atoms with Gasteiger partial charge in [-0.25, -0.2) is 0 Å². The summed E-state index contributed by atoms with van der Waals surface area (Å²) in [6.07, 6.45) is 2.60. The minimum Gasteiger partial charge on any atom is -0.491 e. The molecule has 0 spiro atoms. The van der Waals surface area contributed by atoms with Crippen molar-refractivity contribution in [1.29, 1.82) is 0 Å². The van der Waals surface area contributed by atoms with Gasteiger partial charge in [-0.2, -0.15) is 0 Å². The van der Waals surface area contributed by atoms with E-state index in [1.165, 1.54) is 5.56 Å². The Labute approximate surface area is 130 Å². The molecule has 1 N–H and O–H groups in total. The van der Waals surface area contributed by atoms with E-state index in [1.807, 2.05) is 12.1 Å². The first-order valence-corrected chi connectivity index (χ1v) is 8.15. The summed E-state index contributed by atoms with van der Waals surface area (Å²) in [6, 6.07) is 8.29. The third kappa shape index (κ3) is 8.74. The summed E-state index contributed by atoms with van der Waals surface area (Å²) < 4.78 is 11.4. The van der Waals surface area contributed by atoms with Crippen molar-refractivity contribution in [1.82, 2.24) is 5.32 Å². The molecule has 0 saturated carbocycles. The summed E-state index contributed by atoms with van der Waals surface area (Å²) in [5.41, 5.74) is 1.29. The largest absolute Gasteiger partial charge is 0.491 e. The average molecular weight is 293 g/mol. The second-order valence-electron chi connectivity index (χ2n) is 5.99. The highest BCUT2D eigenvalue weighted by atomic mass is 16.5. The molecular weight excluding hydrogens is 262 g/mol. The molecule has 1 unspecified atom stereocenters. The molecule has 0 aromatic heterocycles. The van der Waals surface area contributed by atoms with E-state index in [1.54, 1.807) is 0 Å². The number of benzene rings is 1. The number of hydrogen-bond acceptors (Lipinski definition) is 3. The Kier molecular flexibility index (Phi) is 9.11. The van der Waals surface area contributed by atoms with Gasteiger partial charge in [0.15, 0.2) is 0 Å². The highest BCUT2D eigenvalue weighted by molar-refractivity contribution is 5.27. The first kappa shape index (κ1) is 18.0. The fourth-order valence-electron chi connectivity index (χ4n) is 2.11. The molecule has 1 aromatic rings. The molecule has 0 amide bonds. The molecule has 0 aliphatic carbocycles. The zero-order chi connectivity index (χ0) is 15.5. The summed E-state index contributed by atoms with van der Waals surface area (Å²) in [5.74, 6) is 1.59. The normalized spacial score (nSPS) is 12.6. The summed E-state index contributed by atoms with van der Waals surface area (Å²) in [6.45, 7) is 11.9. The lowest BCUT2D eigenvalue weighted by atomic mass is 10.2. The summed E-state index contributed by atoms with van der Waals surface area (Å²) >= 11 is 0. The van der Waals surface area contributed by atoms with Gasteiger partial charge in [-0.3, -0.25) is 0 Å². The molecule has 0 fully saturated rings. The average Bonchev–Trinajstić information content (AvgIpc) is 2.45. The Morgan fingerprint density at radius 3 is 2.38 bits per heavy atom. The van der Waals surface area contributed by atoms with Crippen molar-refractivity contribution in [3.05, 3.63) is 29.8 Å². The van der Waals surface area contributed by atoms with Crippen LogP contribution in [0.15, 0.2) is 24.3 Å². The van der Waals surface area contributed by atoms with Gasteiger partial charge in [-0.05, 0) is 43.5 Å². The van der Waals surface area contributed by atoms with Crippen LogP contribution in [0.2, 0.25) is 0 Å². The molecule has 0 aliphatic heterocycles. The van der Waals surface area contributed by atoms with Gasteiger partial charge >= 0.3 is 0 Å². The summed E-state index contributed by atoms with van der Waals surface area (Å²) in [5, 5.41) is 3.44. The first-order valence-electron chi connectivity index (χ1n) is 8.15. The Hall–Kier alpha value is -1.06. The van der Waals surface area contributed by atoms with Gasteiger partial charge in [0.2, 0.25) is 0 Å². The van der Waals surface area contributed by atoms with E-state index in [0.717, 1.165) is 31.7 Å². The molecule has 21 heavy (non-hydrogen) atoms. The second kappa shape index (κ2) is 10.6. The zero-order valence-electron chi connectivity index (χ0n) is 14.0. The van der Waals surface area contributed by atoms with E-state index in [2.05, 4.69) is 45.1 Å². The van der Waals surface area contributed by atoms with Crippen molar-refractivity contribution in [2.45, 2.75) is 53.2 Å². The van der Waals surface area contributed by atoms with Gasteiger partial charge in [0.25, 0.3) is 0 Å². The molecule has 0 bridgehead atoms. The lowest BCUT2D eigenvalue weighted by Gasteiger charge is -2.13. The van der Waals surface area contributed by atoms with E-state index in [9.17, 15) is 0 Å². The van der Waals surface area contributed by atoms with Crippen LogP contribution in [0.3, 0.4) is 0 Å². The topological polar surface area (TPSA) is 30.5 Å². The number of hydrogen-bond donors (Lipinski definition) is 1. The molecule has 0 saturated heterocycles. The molecule has 3 nitrogen and oxygen atoms in total. The van der Waals surface area contributed by atoms with Crippen molar-refractivity contribution < 1.29 is 9.47 Å². The van der Waals surface area contributed by atoms with Crippen LogP contribution < -0.4 is 10.1 Å². The SMILES string of the molecule is CCCC(C)OCCOc1ccc(CNCC(C)C)cc1. The molecule has 0 heterocycles. The van der Waals surface area contributed by atoms with Gasteiger partial charge in [-0.15, -0.1) is 0 Å². The van der Waals surface area contributed by atoms with Crippen LogP contribution in [0.4, 0.5) is 0 Å². The van der Waals surface area contributed by atoms with Crippen molar-refractivity contribution in [3.8, 4) is 5.75 Å². The zero-order valence-corrected chi connectivity index (χ0v) is 14.0. The smallest absolute Gasteiger partial charge is 0.119 e. The third-order valence-electron chi connectivity index (χ3n) is 3.25. The second-order valence-corrected chi connectivity index (χ2v) is 5.99. The maximum absolute atomic E-state index is 5.69. The molecule has 1 rings (SSSR count). The molecule has 1 aromatic carbocycles. The van der Waals surface area contributed by atoms with Crippen LogP contribution in [-0.2, 0) is 11.3 Å². The molecular formula is C18H31NO2. The summed E-state index contributed by atoms with van der Waals surface area (Å²) in [7, 11) is 0. The molecule has 0 radical (unpaired) electrons. The Balaban J connectivity index is 2.19. The maximum atomic E-state index is 5.69. The highest BCUT2D eigenvalue weighted by Gasteiger charge is 2.01. The van der Waals surface area contributed by atoms with Crippen LogP contribution >= 0.6 is 0 Å². The Morgan fingerprint density at radius 1 is 1.05 bits per heavy atom. The highest BCUT2D eigenvalue weighted by Crippen LogP contribution is 2.12. The fraction of sp³-hybridized carbons (Fsp3) is 0.667. The van der Waals surface area contributed by atoms with Gasteiger partial charge in [0.05, 0.1) is 12.7 Å². The van der Waals surface area contributed by atoms with Crippen LogP contribution in [0.1, 0.15) is 46.1 Å². The molecule has 3 heteroatoms. The lowest BCUT2D eigenvalue weighted by molar-refractivity contribution is 0.0395. The van der Waals surface area contributed by atoms with Gasteiger partial charge < -0.3 is 14.8 Å². The minimum absolute atomic E-state index is 0.327. The van der Waals surface area contributed by atoms with Crippen molar-refractivity contribution in [2.24, 2.45) is 5.92 Å². The van der Waals surface area contributed by atoms with Gasteiger partial charge in [0.1, 0.15) is 12.4 Å². The monoisotopic (exact) mass is 293 g/mol. The van der Waals surface area contributed by atoms with Gasteiger partial charge in [-0.1, -0.05) is 39.3 Å². The van der Waals surface area contributed by atoms with Crippen molar-refractivity contribution >= 4 is 0 Å². The van der Waals surface area contributed by atoms with Crippen LogP contribution in [0.25, 0.3) is 0 Å². The Morgan fingerprint density at radius 2 is 1.76 bits per heavy atom. The Bertz CT molecular complexity index is 362. The predicted molar refractivity (Wildman–Crippen MR) is 88.8 cm³/mol. The quantitative estimate of drug-likeness (QED) is 0.625. The van der Waals surface area contributed by atoms with Crippen LogP contribution in [0.5, 0.6) is 5.75 Å². The third-order valence-corrected chi connectivity index (χ3v) is 3.25. The van der Waals surface area contributed by atoms with Crippen LogP contribution in [0, 0.1) is 5.92 Å². The fourth-order valence-corrected chi connectivity index (χ4v) is 2.11. The van der Waals surface area contributed by atoms with E-state index in [0.29, 0.717) is 25.2 Å². The maximum Gasteiger partial charge on any atom is 0.119 e. The first-order chi connectivity index (χ1) is 10.1. The lowest BCUT2D eigenvalue weighted by Crippen LogP contribution is -2.18. The number of nitrogens with one attached hydrogen (secondary N) is 1. The summed E-state index contributed by atoms with van der Waals surface area (Å²) in [4.78, 5) is 0. The molecule has 1 atom stereocenters. The van der Waals surface area contributed by atoms with Crippen molar-refractivity contribution in [2.75, 3.05) is 19.8 Å². The number of ether oxygens (including phenoxy) is 2. The minimum atomic E-state index is 0.327. The van der Waals surface area contributed by atoms with E-state index >= 15 is 0 Å². The van der Waals surface area contributed by atoms with Crippen LogP contribution in [-0.4, -0.2) is 25.9 Å². The number of rotatable bonds is 11.